The SMILES string of the molecule is Clc1ccc(CC(CBr)(CBr)c2cccc(Br)c2)c(Cl)c1. The van der Waals surface area contributed by atoms with E-state index in [0.717, 1.165) is 27.1 Å². The molecule has 0 unspecified atom stereocenters. The van der Waals surface area contributed by atoms with Gasteiger partial charge in [0, 0.05) is 30.6 Å². The molecule has 0 spiro atoms. The van der Waals surface area contributed by atoms with E-state index in [4.69, 9.17) is 23.2 Å². The first kappa shape index (κ1) is 17.8. The van der Waals surface area contributed by atoms with Crippen molar-refractivity contribution in [1.82, 2.24) is 0 Å². The van der Waals surface area contributed by atoms with Gasteiger partial charge in [0.15, 0.2) is 0 Å². The number of halogens is 5. The summed E-state index contributed by atoms with van der Waals surface area (Å²) in [6.45, 7) is 0. The third-order valence-corrected chi connectivity index (χ3v) is 6.72. The Bertz CT molecular complexity index is 625. The summed E-state index contributed by atoms with van der Waals surface area (Å²) in [5.41, 5.74) is 2.29. The van der Waals surface area contributed by atoms with Crippen LogP contribution in [0.15, 0.2) is 46.9 Å². The number of rotatable bonds is 5. The Labute approximate surface area is 160 Å². The van der Waals surface area contributed by atoms with Gasteiger partial charge >= 0.3 is 0 Å². The van der Waals surface area contributed by atoms with E-state index in [1.54, 1.807) is 6.07 Å². The predicted molar refractivity (Wildman–Crippen MR) is 104 cm³/mol. The lowest BCUT2D eigenvalue weighted by molar-refractivity contribution is 0.551. The Balaban J connectivity index is 2.43. The van der Waals surface area contributed by atoms with Crippen LogP contribution in [0, 0.1) is 0 Å². The van der Waals surface area contributed by atoms with E-state index in [2.05, 4.69) is 66.0 Å². The van der Waals surface area contributed by atoms with Crippen LogP contribution in [0.2, 0.25) is 10.0 Å². The van der Waals surface area contributed by atoms with E-state index in [1.807, 2.05) is 18.2 Å². The number of hydrogen-bond acceptors (Lipinski definition) is 0. The fraction of sp³-hybridized carbons (Fsp3) is 0.250. The smallest absolute Gasteiger partial charge is 0.0453 e. The van der Waals surface area contributed by atoms with E-state index in [0.29, 0.717) is 10.0 Å². The molecule has 21 heavy (non-hydrogen) atoms. The van der Waals surface area contributed by atoms with Crippen molar-refractivity contribution in [3.63, 3.8) is 0 Å². The molecule has 5 heteroatoms. The lowest BCUT2D eigenvalue weighted by atomic mass is 9.79. The van der Waals surface area contributed by atoms with Crippen LogP contribution in [-0.4, -0.2) is 10.7 Å². The van der Waals surface area contributed by atoms with Crippen LogP contribution < -0.4 is 0 Å². The van der Waals surface area contributed by atoms with Gasteiger partial charge in [0.2, 0.25) is 0 Å². The molecular formula is C16H13Br3Cl2. The largest absolute Gasteiger partial charge is 0.0918 e. The van der Waals surface area contributed by atoms with Crippen LogP contribution in [-0.2, 0) is 11.8 Å². The minimum Gasteiger partial charge on any atom is -0.0918 e. The number of benzene rings is 2. The average Bonchev–Trinajstić information content (AvgIpc) is 2.47. The molecule has 0 saturated heterocycles. The lowest BCUT2D eigenvalue weighted by Crippen LogP contribution is -2.33. The summed E-state index contributed by atoms with van der Waals surface area (Å²) in [6, 6.07) is 14.1. The van der Waals surface area contributed by atoms with Gasteiger partial charge in [-0.25, -0.2) is 0 Å². The van der Waals surface area contributed by atoms with Gasteiger partial charge in [0.1, 0.15) is 0 Å². The van der Waals surface area contributed by atoms with Gasteiger partial charge in [-0.15, -0.1) is 0 Å². The van der Waals surface area contributed by atoms with Crippen molar-refractivity contribution < 1.29 is 0 Å². The van der Waals surface area contributed by atoms with Gasteiger partial charge in [0.25, 0.3) is 0 Å². The van der Waals surface area contributed by atoms with Crippen LogP contribution in [0.4, 0.5) is 0 Å². The molecule has 0 aromatic heterocycles. The maximum absolute atomic E-state index is 6.34. The monoisotopic (exact) mass is 512 g/mol. The zero-order valence-corrected chi connectivity index (χ0v) is 17.3. The summed E-state index contributed by atoms with van der Waals surface area (Å²) in [7, 11) is 0. The van der Waals surface area contributed by atoms with Crippen molar-refractivity contribution in [2.45, 2.75) is 11.8 Å². The van der Waals surface area contributed by atoms with E-state index in [1.165, 1.54) is 5.56 Å². The van der Waals surface area contributed by atoms with Gasteiger partial charge in [-0.3, -0.25) is 0 Å². The fourth-order valence-corrected chi connectivity index (χ4v) is 5.08. The fourth-order valence-electron chi connectivity index (χ4n) is 2.23. The van der Waals surface area contributed by atoms with E-state index in [9.17, 15) is 0 Å². The molecule has 2 aromatic rings. The molecule has 0 heterocycles. The maximum atomic E-state index is 6.34. The third kappa shape index (κ3) is 4.26. The highest BCUT2D eigenvalue weighted by Crippen LogP contribution is 2.36. The molecule has 0 aliphatic carbocycles. The maximum Gasteiger partial charge on any atom is 0.0453 e. The van der Waals surface area contributed by atoms with Crippen molar-refractivity contribution in [3.05, 3.63) is 68.1 Å². The minimum atomic E-state index is -0.0682. The summed E-state index contributed by atoms with van der Waals surface area (Å²) in [6.07, 6.45) is 0.829. The van der Waals surface area contributed by atoms with Crippen LogP contribution in [0.1, 0.15) is 11.1 Å². The highest BCUT2D eigenvalue weighted by Gasteiger charge is 2.31. The number of hydrogen-bond donors (Lipinski definition) is 0. The molecule has 112 valence electrons. The Morgan fingerprint density at radius 3 is 2.24 bits per heavy atom. The third-order valence-electron chi connectivity index (χ3n) is 3.49. The van der Waals surface area contributed by atoms with Crippen molar-refractivity contribution in [2.24, 2.45) is 0 Å². The second-order valence-corrected chi connectivity index (χ2v) is 7.85. The molecular weight excluding hydrogens is 503 g/mol. The average molecular weight is 516 g/mol. The predicted octanol–water partition coefficient (Wildman–Crippen LogP) is 7.03. The minimum absolute atomic E-state index is 0.0682. The molecule has 0 aliphatic rings. The number of alkyl halides is 2. The standard InChI is InChI=1S/C16H13Br3Cl2/c17-9-16(10-18,12-2-1-3-13(19)6-12)8-11-4-5-14(20)7-15(11)21/h1-7H,8-10H2. The Morgan fingerprint density at radius 1 is 0.952 bits per heavy atom. The Kier molecular flexibility index (Phi) is 6.64. The zero-order valence-electron chi connectivity index (χ0n) is 11.1. The zero-order chi connectivity index (χ0) is 15.5. The molecule has 0 N–H and O–H groups in total. The summed E-state index contributed by atoms with van der Waals surface area (Å²) in [5, 5.41) is 3.04. The van der Waals surface area contributed by atoms with Gasteiger partial charge in [-0.2, -0.15) is 0 Å². The van der Waals surface area contributed by atoms with Crippen LogP contribution >= 0.6 is 71.0 Å². The molecule has 0 saturated carbocycles. The normalized spacial score (nSPS) is 11.7. The highest BCUT2D eigenvalue weighted by atomic mass is 79.9. The summed E-state index contributed by atoms with van der Waals surface area (Å²) in [4.78, 5) is 0. The van der Waals surface area contributed by atoms with E-state index >= 15 is 0 Å². The molecule has 0 amide bonds. The molecule has 0 bridgehead atoms. The molecule has 2 rings (SSSR count). The summed E-state index contributed by atoms with van der Waals surface area (Å²) >= 11 is 23.2. The topological polar surface area (TPSA) is 0 Å². The van der Waals surface area contributed by atoms with Gasteiger partial charge < -0.3 is 0 Å². The molecule has 0 aliphatic heterocycles. The lowest BCUT2D eigenvalue weighted by Gasteiger charge is -2.31. The van der Waals surface area contributed by atoms with E-state index in [-0.39, 0.29) is 5.41 Å². The van der Waals surface area contributed by atoms with Gasteiger partial charge in [-0.1, -0.05) is 89.2 Å². The first-order chi connectivity index (χ1) is 10.0. The van der Waals surface area contributed by atoms with Crippen LogP contribution in [0.3, 0.4) is 0 Å². The van der Waals surface area contributed by atoms with Crippen LogP contribution in [0.5, 0.6) is 0 Å². The Hall–Kier alpha value is 0.460. The van der Waals surface area contributed by atoms with Gasteiger partial charge in [-0.05, 0) is 41.8 Å². The molecule has 2 aromatic carbocycles. The van der Waals surface area contributed by atoms with Gasteiger partial charge in [0.05, 0.1) is 0 Å². The quantitative estimate of drug-likeness (QED) is 0.375. The Morgan fingerprint density at radius 2 is 1.67 bits per heavy atom. The van der Waals surface area contributed by atoms with Crippen LogP contribution in [0.25, 0.3) is 0 Å². The van der Waals surface area contributed by atoms with Crippen molar-refractivity contribution in [1.29, 1.82) is 0 Å². The van der Waals surface area contributed by atoms with Crippen molar-refractivity contribution >= 4 is 71.0 Å². The van der Waals surface area contributed by atoms with E-state index < -0.39 is 0 Å². The van der Waals surface area contributed by atoms with Crippen molar-refractivity contribution in [2.75, 3.05) is 10.7 Å². The summed E-state index contributed by atoms with van der Waals surface area (Å²) in [5.74, 6) is 0. The van der Waals surface area contributed by atoms with Crippen molar-refractivity contribution in [3.8, 4) is 0 Å². The molecule has 0 atom stereocenters. The second-order valence-electron chi connectivity index (χ2n) is 4.97. The highest BCUT2D eigenvalue weighted by molar-refractivity contribution is 9.10. The first-order valence-electron chi connectivity index (χ1n) is 6.33. The second kappa shape index (κ2) is 7.83. The molecule has 0 radical (unpaired) electrons. The molecule has 0 nitrogen and oxygen atoms in total. The summed E-state index contributed by atoms with van der Waals surface area (Å²) < 4.78 is 1.08. The first-order valence-corrected chi connectivity index (χ1v) is 10.1. The molecule has 0 fully saturated rings.